The van der Waals surface area contributed by atoms with Crippen molar-refractivity contribution in [2.45, 2.75) is 12.7 Å². The average molecular weight is 328 g/mol. The van der Waals surface area contributed by atoms with Gasteiger partial charge in [0.05, 0.1) is 5.69 Å². The molecule has 1 aromatic carbocycles. The molecule has 2 heterocycles. The number of hydrogen-bond donors (Lipinski definition) is 1. The van der Waals surface area contributed by atoms with Crippen molar-refractivity contribution < 1.29 is 13.2 Å². The maximum Gasteiger partial charge on any atom is 0.435 e. The van der Waals surface area contributed by atoms with Crippen LogP contribution < -0.4 is 5.32 Å². The molecule has 0 spiro atoms. The Morgan fingerprint density at radius 3 is 2.55 bits per heavy atom. The van der Waals surface area contributed by atoms with E-state index in [-0.39, 0.29) is 12.1 Å². The molecule has 0 radical (unpaired) electrons. The van der Waals surface area contributed by atoms with Crippen LogP contribution >= 0.6 is 11.6 Å². The minimum Gasteiger partial charge on any atom is -0.308 e. The molecule has 1 N–H and O–H groups in total. The minimum atomic E-state index is -4.45. The highest BCUT2D eigenvalue weighted by molar-refractivity contribution is 6.30. The first-order valence-corrected chi connectivity index (χ1v) is 7.04. The monoisotopic (exact) mass is 327 g/mol. The van der Waals surface area contributed by atoms with E-state index in [0.29, 0.717) is 17.3 Å². The lowest BCUT2D eigenvalue weighted by Gasteiger charge is -2.19. The SMILES string of the molecule is Cn1nc(C(F)(F)F)c2c1C(=Cc1ccc(Cl)cc1)CNC2. The predicted octanol–water partition coefficient (Wildman–Crippen LogP) is 3.74. The highest BCUT2D eigenvalue weighted by Crippen LogP contribution is 2.36. The second-order valence-electron chi connectivity index (χ2n) is 5.12. The van der Waals surface area contributed by atoms with E-state index in [4.69, 9.17) is 11.6 Å². The Morgan fingerprint density at radius 2 is 1.91 bits per heavy atom. The van der Waals surface area contributed by atoms with Crippen molar-refractivity contribution in [3.63, 3.8) is 0 Å². The fourth-order valence-corrected chi connectivity index (χ4v) is 2.78. The molecule has 116 valence electrons. The van der Waals surface area contributed by atoms with Crippen molar-refractivity contribution in [1.82, 2.24) is 15.1 Å². The molecule has 0 atom stereocenters. The van der Waals surface area contributed by atoms with Crippen molar-refractivity contribution in [3.05, 3.63) is 51.8 Å². The summed E-state index contributed by atoms with van der Waals surface area (Å²) in [5, 5.41) is 7.28. The topological polar surface area (TPSA) is 29.9 Å². The zero-order valence-corrected chi connectivity index (χ0v) is 12.5. The maximum absolute atomic E-state index is 13.0. The lowest BCUT2D eigenvalue weighted by Crippen LogP contribution is -2.25. The van der Waals surface area contributed by atoms with Crippen molar-refractivity contribution in [2.24, 2.45) is 7.05 Å². The van der Waals surface area contributed by atoms with Gasteiger partial charge >= 0.3 is 6.18 Å². The summed E-state index contributed by atoms with van der Waals surface area (Å²) in [6.45, 7) is 0.655. The molecular formula is C15H13ClF3N3. The van der Waals surface area contributed by atoms with Gasteiger partial charge in [-0.2, -0.15) is 18.3 Å². The summed E-state index contributed by atoms with van der Waals surface area (Å²) in [5.41, 5.74) is 1.56. The molecule has 0 bridgehead atoms. The standard InChI is InChI=1S/C15H13ClF3N3/c1-22-13-10(6-9-2-4-11(16)5-3-9)7-20-8-12(13)14(21-22)15(17,18)19/h2-6,20H,7-8H2,1H3. The number of aromatic nitrogens is 2. The fraction of sp³-hybridized carbons (Fsp3) is 0.267. The molecule has 2 aromatic rings. The van der Waals surface area contributed by atoms with Gasteiger partial charge in [-0.1, -0.05) is 23.7 Å². The largest absolute Gasteiger partial charge is 0.435 e. The smallest absolute Gasteiger partial charge is 0.308 e. The number of halogens is 4. The molecule has 1 aromatic heterocycles. The first-order valence-electron chi connectivity index (χ1n) is 6.66. The first-order chi connectivity index (χ1) is 10.4. The normalized spacial score (nSPS) is 16.9. The Morgan fingerprint density at radius 1 is 1.23 bits per heavy atom. The molecule has 22 heavy (non-hydrogen) atoms. The number of rotatable bonds is 1. The zero-order valence-electron chi connectivity index (χ0n) is 11.7. The van der Waals surface area contributed by atoms with Crippen LogP contribution in [-0.2, 0) is 19.8 Å². The Bertz CT molecular complexity index is 730. The lowest BCUT2D eigenvalue weighted by molar-refractivity contribution is -0.142. The molecule has 3 nitrogen and oxygen atoms in total. The Kier molecular flexibility index (Phi) is 3.74. The van der Waals surface area contributed by atoms with Crippen molar-refractivity contribution >= 4 is 23.3 Å². The lowest BCUT2D eigenvalue weighted by atomic mass is 9.99. The van der Waals surface area contributed by atoms with E-state index in [1.54, 1.807) is 12.1 Å². The molecule has 1 aliphatic rings. The van der Waals surface area contributed by atoms with Gasteiger partial charge in [-0.25, -0.2) is 0 Å². The van der Waals surface area contributed by atoms with E-state index in [2.05, 4.69) is 10.4 Å². The van der Waals surface area contributed by atoms with E-state index >= 15 is 0 Å². The molecule has 0 unspecified atom stereocenters. The first kappa shape index (κ1) is 15.1. The van der Waals surface area contributed by atoms with E-state index in [1.807, 2.05) is 18.2 Å². The van der Waals surface area contributed by atoms with Crippen molar-refractivity contribution in [1.29, 1.82) is 0 Å². The molecule has 0 fully saturated rings. The summed E-state index contributed by atoms with van der Waals surface area (Å²) in [6.07, 6.45) is -2.60. The van der Waals surface area contributed by atoms with Gasteiger partial charge in [-0.15, -0.1) is 0 Å². The van der Waals surface area contributed by atoms with Gasteiger partial charge < -0.3 is 5.32 Å². The van der Waals surface area contributed by atoms with Crippen LogP contribution in [0.4, 0.5) is 13.2 Å². The second kappa shape index (κ2) is 5.44. The molecule has 3 rings (SSSR count). The molecule has 1 aliphatic heterocycles. The summed E-state index contributed by atoms with van der Waals surface area (Å²) < 4.78 is 40.5. The number of hydrogen-bond acceptors (Lipinski definition) is 2. The third-order valence-corrected chi connectivity index (χ3v) is 3.80. The van der Waals surface area contributed by atoms with Crippen LogP contribution in [0.2, 0.25) is 5.02 Å². The highest BCUT2D eigenvalue weighted by atomic mass is 35.5. The van der Waals surface area contributed by atoms with Gasteiger partial charge in [-0.3, -0.25) is 4.68 Å². The number of nitrogens with zero attached hydrogens (tertiary/aromatic N) is 2. The summed E-state index contributed by atoms with van der Waals surface area (Å²) in [7, 11) is 1.54. The van der Waals surface area contributed by atoms with Crippen LogP contribution in [0, 0.1) is 0 Å². The summed E-state index contributed by atoms with van der Waals surface area (Å²) in [5.74, 6) is 0. The maximum atomic E-state index is 13.0. The third kappa shape index (κ3) is 2.76. The number of fused-ring (bicyclic) bond motifs is 1. The Hall–Kier alpha value is -1.79. The van der Waals surface area contributed by atoms with Gasteiger partial charge in [0.15, 0.2) is 5.69 Å². The summed E-state index contributed by atoms with van der Waals surface area (Å²) in [6, 6.07) is 7.14. The van der Waals surface area contributed by atoms with Gasteiger partial charge in [0, 0.05) is 30.7 Å². The van der Waals surface area contributed by atoms with E-state index in [0.717, 1.165) is 11.1 Å². The zero-order chi connectivity index (χ0) is 15.9. The Labute approximate surface area is 130 Å². The van der Waals surface area contributed by atoms with Crippen LogP contribution in [-0.4, -0.2) is 16.3 Å². The summed E-state index contributed by atoms with van der Waals surface area (Å²) in [4.78, 5) is 0. The van der Waals surface area contributed by atoms with E-state index in [1.165, 1.54) is 11.7 Å². The van der Waals surface area contributed by atoms with Crippen LogP contribution in [0.5, 0.6) is 0 Å². The van der Waals surface area contributed by atoms with Gasteiger partial charge in [0.25, 0.3) is 0 Å². The molecule has 0 aliphatic carbocycles. The van der Waals surface area contributed by atoms with Crippen LogP contribution in [0.3, 0.4) is 0 Å². The molecule has 7 heteroatoms. The molecular weight excluding hydrogens is 315 g/mol. The second-order valence-corrected chi connectivity index (χ2v) is 5.56. The van der Waals surface area contributed by atoms with Gasteiger partial charge in [0.1, 0.15) is 0 Å². The van der Waals surface area contributed by atoms with Crippen LogP contribution in [0.1, 0.15) is 22.5 Å². The number of alkyl halides is 3. The summed E-state index contributed by atoms with van der Waals surface area (Å²) >= 11 is 5.84. The van der Waals surface area contributed by atoms with Gasteiger partial charge in [-0.05, 0) is 29.3 Å². The number of aryl methyl sites for hydroxylation is 1. The quantitative estimate of drug-likeness (QED) is 0.865. The van der Waals surface area contributed by atoms with Crippen LogP contribution in [0.25, 0.3) is 11.6 Å². The van der Waals surface area contributed by atoms with Gasteiger partial charge in [0.2, 0.25) is 0 Å². The van der Waals surface area contributed by atoms with E-state index in [9.17, 15) is 13.2 Å². The minimum absolute atomic E-state index is 0.163. The molecule has 0 saturated carbocycles. The van der Waals surface area contributed by atoms with Crippen LogP contribution in [0.15, 0.2) is 24.3 Å². The number of benzene rings is 1. The predicted molar refractivity (Wildman–Crippen MR) is 79.2 cm³/mol. The third-order valence-electron chi connectivity index (χ3n) is 3.55. The average Bonchev–Trinajstić information content (AvgIpc) is 2.80. The van der Waals surface area contributed by atoms with Crippen molar-refractivity contribution in [2.75, 3.05) is 6.54 Å². The number of nitrogens with one attached hydrogen (secondary N) is 1. The fourth-order valence-electron chi connectivity index (χ4n) is 2.65. The molecule has 0 saturated heterocycles. The van der Waals surface area contributed by atoms with E-state index < -0.39 is 11.9 Å². The molecule has 0 amide bonds. The Balaban J connectivity index is 2.08. The highest BCUT2D eigenvalue weighted by Gasteiger charge is 2.39. The van der Waals surface area contributed by atoms with Crippen molar-refractivity contribution in [3.8, 4) is 0 Å².